The molecule has 30 heavy (non-hydrogen) atoms. The Morgan fingerprint density at radius 2 is 1.93 bits per heavy atom. The third kappa shape index (κ3) is 5.72. The van der Waals surface area contributed by atoms with Crippen LogP contribution in [0.2, 0.25) is 5.02 Å². The van der Waals surface area contributed by atoms with E-state index in [1.54, 1.807) is 36.4 Å². The lowest BCUT2D eigenvalue weighted by molar-refractivity contribution is 0.0426. The molecule has 0 radical (unpaired) electrons. The zero-order valence-electron chi connectivity index (χ0n) is 17.5. The van der Waals surface area contributed by atoms with Crippen LogP contribution in [0.1, 0.15) is 50.4 Å². The number of amides is 3. The van der Waals surface area contributed by atoms with Crippen LogP contribution in [0.15, 0.2) is 42.6 Å². The fraction of sp³-hybridized carbons (Fsp3) is 0.435. The van der Waals surface area contributed by atoms with Gasteiger partial charge in [0.15, 0.2) is 0 Å². The number of ether oxygens (including phenoxy) is 1. The van der Waals surface area contributed by atoms with Crippen LogP contribution in [-0.4, -0.2) is 23.0 Å². The highest BCUT2D eigenvalue weighted by molar-refractivity contribution is 6.34. The average molecular weight is 430 g/mol. The Morgan fingerprint density at radius 3 is 2.60 bits per heavy atom. The lowest BCUT2D eigenvalue weighted by Gasteiger charge is -2.37. The van der Waals surface area contributed by atoms with Crippen molar-refractivity contribution >= 4 is 29.2 Å². The lowest BCUT2D eigenvalue weighted by atomic mass is 9.75. The van der Waals surface area contributed by atoms with Crippen LogP contribution < -0.4 is 15.4 Å². The Morgan fingerprint density at radius 1 is 1.17 bits per heavy atom. The quantitative estimate of drug-likeness (QED) is 0.654. The number of pyridine rings is 1. The second-order valence-corrected chi connectivity index (χ2v) is 8.66. The molecule has 6 nitrogen and oxygen atoms in total. The Kier molecular flexibility index (Phi) is 7.32. The van der Waals surface area contributed by atoms with Crippen LogP contribution in [0.4, 0.5) is 10.5 Å². The molecule has 3 unspecified atom stereocenters. The number of nitrogens with one attached hydrogen (secondary N) is 2. The zero-order chi connectivity index (χ0) is 21.7. The molecule has 0 saturated heterocycles. The molecule has 0 aliphatic heterocycles. The summed E-state index contributed by atoms with van der Waals surface area (Å²) in [5, 5.41) is 5.13. The number of carbonyl (C=O) groups is 2. The van der Waals surface area contributed by atoms with E-state index in [0.29, 0.717) is 29.3 Å². The van der Waals surface area contributed by atoms with E-state index in [0.717, 1.165) is 6.42 Å². The van der Waals surface area contributed by atoms with E-state index in [2.05, 4.69) is 36.4 Å². The Balaban J connectivity index is 1.57. The summed E-state index contributed by atoms with van der Waals surface area (Å²) in [6.07, 6.45) is 5.10. The first-order valence-corrected chi connectivity index (χ1v) is 10.7. The third-order valence-electron chi connectivity index (χ3n) is 5.57. The van der Waals surface area contributed by atoms with Gasteiger partial charge in [-0.05, 0) is 48.8 Å². The Labute approximate surface area is 182 Å². The molecule has 1 aromatic heterocycles. The maximum Gasteiger partial charge on any atom is 0.326 e. The lowest BCUT2D eigenvalue weighted by Crippen LogP contribution is -2.36. The summed E-state index contributed by atoms with van der Waals surface area (Å²) in [4.78, 5) is 28.6. The number of benzene rings is 1. The van der Waals surface area contributed by atoms with Crippen LogP contribution in [0.5, 0.6) is 5.88 Å². The standard InChI is InChI=1S/C23H28ClN3O3/c1-14(2)17-10-8-15(3)12-20(17)30-21-11-9-16(13-25-21)26-23(29)27-22(28)18-6-4-5-7-19(18)24/h4-7,9,11,13-15,17,20H,8,10,12H2,1-3H3,(H2,26,27,28,29). The number of carbonyl (C=O) groups excluding carboxylic acids is 2. The summed E-state index contributed by atoms with van der Waals surface area (Å²) in [6.45, 7) is 6.73. The van der Waals surface area contributed by atoms with Crippen molar-refractivity contribution in [3.05, 3.63) is 53.2 Å². The van der Waals surface area contributed by atoms with Crippen LogP contribution in [0.25, 0.3) is 0 Å². The van der Waals surface area contributed by atoms with Crippen LogP contribution in [-0.2, 0) is 0 Å². The van der Waals surface area contributed by atoms with Crippen molar-refractivity contribution in [2.24, 2.45) is 17.8 Å². The van der Waals surface area contributed by atoms with E-state index in [1.807, 2.05) is 0 Å². The van der Waals surface area contributed by atoms with Gasteiger partial charge in [-0.15, -0.1) is 0 Å². The van der Waals surface area contributed by atoms with Gasteiger partial charge in [-0.3, -0.25) is 10.1 Å². The van der Waals surface area contributed by atoms with Gasteiger partial charge in [0.2, 0.25) is 5.88 Å². The van der Waals surface area contributed by atoms with Crippen LogP contribution in [0.3, 0.4) is 0 Å². The first-order valence-electron chi connectivity index (χ1n) is 10.3. The number of urea groups is 1. The van der Waals surface area contributed by atoms with Crippen LogP contribution in [0, 0.1) is 17.8 Å². The van der Waals surface area contributed by atoms with E-state index in [-0.39, 0.29) is 16.7 Å². The number of hydrogen-bond donors (Lipinski definition) is 2. The van der Waals surface area contributed by atoms with Gasteiger partial charge in [0.1, 0.15) is 6.10 Å². The summed E-state index contributed by atoms with van der Waals surface area (Å²) >= 11 is 5.98. The molecule has 3 rings (SSSR count). The normalized spacial score (nSPS) is 21.2. The molecule has 2 aromatic rings. The maximum absolute atomic E-state index is 12.2. The van der Waals surface area contributed by atoms with Gasteiger partial charge in [0, 0.05) is 6.07 Å². The number of aromatic nitrogens is 1. The fourth-order valence-electron chi connectivity index (χ4n) is 3.91. The minimum absolute atomic E-state index is 0.150. The molecule has 3 atom stereocenters. The number of hydrogen-bond acceptors (Lipinski definition) is 4. The molecule has 160 valence electrons. The summed E-state index contributed by atoms with van der Waals surface area (Å²) in [5.74, 6) is 1.69. The molecular weight excluding hydrogens is 402 g/mol. The van der Waals surface area contributed by atoms with Gasteiger partial charge in [-0.25, -0.2) is 9.78 Å². The predicted octanol–water partition coefficient (Wildman–Crippen LogP) is 5.54. The molecule has 7 heteroatoms. The first kappa shape index (κ1) is 22.1. The number of nitrogens with zero attached hydrogens (tertiary/aromatic N) is 1. The average Bonchev–Trinajstić information content (AvgIpc) is 2.69. The smallest absolute Gasteiger partial charge is 0.326 e. The molecule has 0 bridgehead atoms. The van der Waals surface area contributed by atoms with Crippen LogP contribution >= 0.6 is 11.6 Å². The maximum atomic E-state index is 12.2. The molecule has 2 N–H and O–H groups in total. The molecule has 1 fully saturated rings. The van der Waals surface area contributed by atoms with E-state index >= 15 is 0 Å². The Hall–Kier alpha value is -2.60. The third-order valence-corrected chi connectivity index (χ3v) is 5.90. The van der Waals surface area contributed by atoms with Gasteiger partial charge in [-0.1, -0.05) is 50.9 Å². The monoisotopic (exact) mass is 429 g/mol. The summed E-state index contributed by atoms with van der Waals surface area (Å²) < 4.78 is 6.19. The molecule has 3 amide bonds. The van der Waals surface area contributed by atoms with Crippen molar-refractivity contribution in [3.63, 3.8) is 0 Å². The molecule has 1 heterocycles. The zero-order valence-corrected chi connectivity index (χ0v) is 18.3. The second kappa shape index (κ2) is 9.94. The summed E-state index contributed by atoms with van der Waals surface area (Å²) in [5.41, 5.74) is 0.696. The van der Waals surface area contributed by atoms with Gasteiger partial charge >= 0.3 is 6.03 Å². The van der Waals surface area contributed by atoms with E-state index in [4.69, 9.17) is 16.3 Å². The first-order chi connectivity index (χ1) is 14.3. The predicted molar refractivity (Wildman–Crippen MR) is 118 cm³/mol. The minimum Gasteiger partial charge on any atom is -0.474 e. The minimum atomic E-state index is -0.656. The topological polar surface area (TPSA) is 80.3 Å². The largest absolute Gasteiger partial charge is 0.474 e. The molecule has 1 saturated carbocycles. The van der Waals surface area contributed by atoms with Gasteiger partial charge in [0.25, 0.3) is 5.91 Å². The Bertz CT molecular complexity index is 886. The molecule has 0 spiro atoms. The number of halogens is 1. The number of imide groups is 1. The van der Waals surface area contributed by atoms with E-state index in [9.17, 15) is 9.59 Å². The highest BCUT2D eigenvalue weighted by Gasteiger charge is 2.32. The van der Waals surface area contributed by atoms with Crippen molar-refractivity contribution in [3.8, 4) is 5.88 Å². The SMILES string of the molecule is CC1CCC(C(C)C)C(Oc2ccc(NC(=O)NC(=O)c3ccccc3Cl)cn2)C1. The van der Waals surface area contributed by atoms with Gasteiger partial charge < -0.3 is 10.1 Å². The van der Waals surface area contributed by atoms with Gasteiger partial charge in [0.05, 0.1) is 22.5 Å². The van der Waals surface area contributed by atoms with Crippen molar-refractivity contribution in [1.29, 1.82) is 0 Å². The highest BCUT2D eigenvalue weighted by atomic mass is 35.5. The van der Waals surface area contributed by atoms with Crippen molar-refractivity contribution < 1.29 is 14.3 Å². The van der Waals surface area contributed by atoms with Gasteiger partial charge in [-0.2, -0.15) is 0 Å². The van der Waals surface area contributed by atoms with Crippen molar-refractivity contribution in [1.82, 2.24) is 10.3 Å². The summed E-state index contributed by atoms with van der Waals surface area (Å²) in [6, 6.07) is 9.32. The molecule has 1 aliphatic carbocycles. The second-order valence-electron chi connectivity index (χ2n) is 8.26. The molecular formula is C23H28ClN3O3. The molecule has 1 aliphatic rings. The molecule has 1 aromatic carbocycles. The number of rotatable bonds is 5. The highest BCUT2D eigenvalue weighted by Crippen LogP contribution is 2.35. The number of anilines is 1. The van der Waals surface area contributed by atoms with E-state index in [1.165, 1.54) is 19.0 Å². The van der Waals surface area contributed by atoms with Crippen molar-refractivity contribution in [2.45, 2.75) is 46.1 Å². The summed E-state index contributed by atoms with van der Waals surface area (Å²) in [7, 11) is 0. The van der Waals surface area contributed by atoms with Crippen molar-refractivity contribution in [2.75, 3.05) is 5.32 Å². The fourth-order valence-corrected chi connectivity index (χ4v) is 4.13. The van der Waals surface area contributed by atoms with E-state index < -0.39 is 11.9 Å².